The van der Waals surface area contributed by atoms with E-state index in [-0.39, 0.29) is 17.3 Å². The first-order valence-corrected chi connectivity index (χ1v) is 10.2. The summed E-state index contributed by atoms with van der Waals surface area (Å²) in [5.41, 5.74) is 2.51. The molecule has 2 aromatic carbocycles. The second kappa shape index (κ2) is 9.10. The summed E-state index contributed by atoms with van der Waals surface area (Å²) in [6.45, 7) is 3.89. The molecule has 150 valence electrons. The monoisotopic (exact) mass is 434 g/mol. The molecule has 0 saturated carbocycles. The van der Waals surface area contributed by atoms with E-state index in [1.54, 1.807) is 12.1 Å². The van der Waals surface area contributed by atoms with E-state index in [1.165, 1.54) is 0 Å². The van der Waals surface area contributed by atoms with Gasteiger partial charge in [-0.1, -0.05) is 29.2 Å². The number of aryl methyl sites for hydroxylation is 2. The minimum absolute atomic E-state index is 0.0451. The molecule has 2 N–H and O–H groups in total. The Morgan fingerprint density at radius 1 is 1.03 bits per heavy atom. The maximum absolute atomic E-state index is 13.6. The fourth-order valence-electron chi connectivity index (χ4n) is 2.27. The molecule has 0 aliphatic carbocycles. The van der Waals surface area contributed by atoms with Crippen LogP contribution in [0, 0.1) is 25.5 Å². The lowest BCUT2D eigenvalue weighted by Crippen LogP contribution is -2.15. The minimum Gasteiger partial charge on any atom is -0.323 e. The second-order valence-corrected chi connectivity index (χ2v) is 8.29. The van der Waals surface area contributed by atoms with Gasteiger partial charge in [-0.15, -0.1) is 10.2 Å². The Morgan fingerprint density at radius 2 is 1.83 bits per heavy atom. The highest BCUT2D eigenvalue weighted by atomic mass is 32.2. The highest BCUT2D eigenvalue weighted by Crippen LogP contribution is 2.26. The normalized spacial score (nSPS) is 10.6. The van der Waals surface area contributed by atoms with E-state index in [1.807, 2.05) is 19.9 Å². The van der Waals surface area contributed by atoms with Crippen LogP contribution in [0.5, 0.6) is 0 Å². The highest BCUT2D eigenvalue weighted by Gasteiger charge is 2.13. The molecule has 0 unspecified atom stereocenters. The lowest BCUT2D eigenvalue weighted by Gasteiger charge is -2.05. The Bertz CT molecular complexity index is 1070. The van der Waals surface area contributed by atoms with Crippen LogP contribution < -0.4 is 10.6 Å². The van der Waals surface area contributed by atoms with Crippen LogP contribution in [-0.4, -0.2) is 27.8 Å². The number of hydrogen-bond acceptors (Lipinski definition) is 6. The van der Waals surface area contributed by atoms with Crippen molar-refractivity contribution in [1.29, 1.82) is 0 Å². The van der Waals surface area contributed by atoms with E-state index in [9.17, 15) is 18.4 Å². The van der Waals surface area contributed by atoms with Gasteiger partial charge in [-0.3, -0.25) is 14.9 Å². The molecule has 0 aliphatic rings. The molecule has 1 heterocycles. The zero-order chi connectivity index (χ0) is 21.0. The van der Waals surface area contributed by atoms with Gasteiger partial charge in [0.1, 0.15) is 11.6 Å². The molecule has 0 aliphatic heterocycles. The number of carbonyl (C=O) groups is 2. The Kier molecular flexibility index (Phi) is 6.55. The van der Waals surface area contributed by atoms with Crippen LogP contribution >= 0.6 is 23.1 Å². The number of thioether (sulfide) groups is 1. The number of carbonyl (C=O) groups excluding carboxylic acids is 2. The summed E-state index contributed by atoms with van der Waals surface area (Å²) >= 11 is 2.21. The summed E-state index contributed by atoms with van der Waals surface area (Å²) in [5.74, 6) is -2.40. The van der Waals surface area contributed by atoms with Gasteiger partial charge in [0, 0.05) is 11.6 Å². The zero-order valence-corrected chi connectivity index (χ0v) is 17.1. The summed E-state index contributed by atoms with van der Waals surface area (Å²) in [6, 6.07) is 8.29. The standard InChI is InChI=1S/C19H16F2N4O2S2/c1-10-3-4-12(7-11(10)2)17(27)23-18-24-25-19(29-18)28-9-16(26)22-15-6-5-13(20)8-14(15)21/h3-8H,9H2,1-2H3,(H,22,26)(H,23,24,27). The molecule has 0 radical (unpaired) electrons. The van der Waals surface area contributed by atoms with Crippen molar-refractivity contribution < 1.29 is 18.4 Å². The number of rotatable bonds is 6. The molecule has 1 aromatic heterocycles. The first-order chi connectivity index (χ1) is 13.8. The van der Waals surface area contributed by atoms with Crippen LogP contribution in [-0.2, 0) is 4.79 Å². The average Bonchev–Trinajstić information content (AvgIpc) is 3.12. The van der Waals surface area contributed by atoms with Gasteiger partial charge in [-0.05, 0) is 49.2 Å². The van der Waals surface area contributed by atoms with Crippen LogP contribution in [0.2, 0.25) is 0 Å². The quantitative estimate of drug-likeness (QED) is 0.443. The van der Waals surface area contributed by atoms with E-state index in [0.717, 1.165) is 46.4 Å². The fourth-order valence-corrected chi connectivity index (χ4v) is 3.82. The third-order valence-corrected chi connectivity index (χ3v) is 5.90. The lowest BCUT2D eigenvalue weighted by atomic mass is 10.1. The van der Waals surface area contributed by atoms with E-state index >= 15 is 0 Å². The average molecular weight is 434 g/mol. The number of benzene rings is 2. The number of halogens is 2. The van der Waals surface area contributed by atoms with Gasteiger partial charge in [0.2, 0.25) is 11.0 Å². The third kappa shape index (κ3) is 5.58. The fraction of sp³-hybridized carbons (Fsp3) is 0.158. The van der Waals surface area contributed by atoms with Crippen LogP contribution in [0.1, 0.15) is 21.5 Å². The molecular weight excluding hydrogens is 418 g/mol. The number of nitrogens with zero attached hydrogens (tertiary/aromatic N) is 2. The van der Waals surface area contributed by atoms with E-state index in [2.05, 4.69) is 20.8 Å². The number of nitrogens with one attached hydrogen (secondary N) is 2. The van der Waals surface area contributed by atoms with Crippen molar-refractivity contribution in [3.8, 4) is 0 Å². The van der Waals surface area contributed by atoms with Crippen molar-refractivity contribution in [3.05, 3.63) is 64.7 Å². The smallest absolute Gasteiger partial charge is 0.257 e. The molecule has 10 heteroatoms. The Labute approximate surface area is 173 Å². The van der Waals surface area contributed by atoms with Gasteiger partial charge in [0.25, 0.3) is 5.91 Å². The van der Waals surface area contributed by atoms with E-state index < -0.39 is 17.5 Å². The molecule has 0 saturated heterocycles. The second-order valence-electron chi connectivity index (χ2n) is 6.09. The first kappa shape index (κ1) is 20.9. The van der Waals surface area contributed by atoms with Crippen LogP contribution in [0.3, 0.4) is 0 Å². The highest BCUT2D eigenvalue weighted by molar-refractivity contribution is 8.01. The molecule has 3 aromatic rings. The van der Waals surface area contributed by atoms with Gasteiger partial charge >= 0.3 is 0 Å². The number of anilines is 2. The molecule has 3 rings (SSSR count). The number of aromatic nitrogens is 2. The van der Waals surface area contributed by atoms with Gasteiger partial charge in [0.05, 0.1) is 11.4 Å². The largest absolute Gasteiger partial charge is 0.323 e. The molecule has 2 amide bonds. The van der Waals surface area contributed by atoms with Crippen molar-refractivity contribution in [1.82, 2.24) is 10.2 Å². The zero-order valence-electron chi connectivity index (χ0n) is 15.5. The molecule has 0 fully saturated rings. The third-order valence-electron chi connectivity index (χ3n) is 3.93. The maximum atomic E-state index is 13.6. The number of amides is 2. The Morgan fingerprint density at radius 3 is 2.55 bits per heavy atom. The van der Waals surface area contributed by atoms with Gasteiger partial charge in [0.15, 0.2) is 4.34 Å². The topological polar surface area (TPSA) is 84.0 Å². The summed E-state index contributed by atoms with van der Waals surface area (Å²) in [7, 11) is 0. The summed E-state index contributed by atoms with van der Waals surface area (Å²) in [4.78, 5) is 24.3. The summed E-state index contributed by atoms with van der Waals surface area (Å²) in [6.07, 6.45) is 0. The molecule has 0 bridgehead atoms. The molecule has 29 heavy (non-hydrogen) atoms. The predicted octanol–water partition coefficient (Wildman–Crippen LogP) is 4.42. The summed E-state index contributed by atoms with van der Waals surface area (Å²) < 4.78 is 26.9. The summed E-state index contributed by atoms with van der Waals surface area (Å²) in [5, 5.41) is 13.1. The minimum atomic E-state index is -0.851. The van der Waals surface area contributed by atoms with Gasteiger partial charge in [-0.25, -0.2) is 8.78 Å². The van der Waals surface area contributed by atoms with Crippen molar-refractivity contribution >= 4 is 45.7 Å². The molecule has 0 atom stereocenters. The van der Waals surface area contributed by atoms with Crippen molar-refractivity contribution in [3.63, 3.8) is 0 Å². The van der Waals surface area contributed by atoms with Crippen LogP contribution in [0.15, 0.2) is 40.7 Å². The first-order valence-electron chi connectivity index (χ1n) is 8.41. The van der Waals surface area contributed by atoms with E-state index in [0.29, 0.717) is 21.1 Å². The lowest BCUT2D eigenvalue weighted by molar-refractivity contribution is -0.113. The Balaban J connectivity index is 1.54. The van der Waals surface area contributed by atoms with Crippen LogP contribution in [0.25, 0.3) is 0 Å². The molecule has 6 nitrogen and oxygen atoms in total. The van der Waals surface area contributed by atoms with Crippen LogP contribution in [0.4, 0.5) is 19.6 Å². The van der Waals surface area contributed by atoms with Gasteiger partial charge < -0.3 is 5.32 Å². The predicted molar refractivity (Wildman–Crippen MR) is 109 cm³/mol. The van der Waals surface area contributed by atoms with Crippen molar-refractivity contribution in [2.24, 2.45) is 0 Å². The molecular formula is C19H16F2N4O2S2. The molecule has 0 spiro atoms. The maximum Gasteiger partial charge on any atom is 0.257 e. The SMILES string of the molecule is Cc1ccc(C(=O)Nc2nnc(SCC(=O)Nc3ccc(F)cc3F)s2)cc1C. The van der Waals surface area contributed by atoms with Crippen molar-refractivity contribution in [2.75, 3.05) is 16.4 Å². The van der Waals surface area contributed by atoms with E-state index in [4.69, 9.17) is 0 Å². The Hall–Kier alpha value is -2.85. The van der Waals surface area contributed by atoms with Crippen molar-refractivity contribution in [2.45, 2.75) is 18.2 Å². The number of hydrogen-bond donors (Lipinski definition) is 2. The van der Waals surface area contributed by atoms with Gasteiger partial charge in [-0.2, -0.15) is 0 Å².